The van der Waals surface area contributed by atoms with E-state index in [1.807, 2.05) is 19.1 Å². The van der Waals surface area contributed by atoms with Crippen LogP contribution in [0.5, 0.6) is 11.5 Å². The molecule has 0 aromatic heterocycles. The highest BCUT2D eigenvalue weighted by atomic mass is 79.9. The molecule has 6 heteroatoms. The Morgan fingerprint density at radius 3 is 2.53 bits per heavy atom. The van der Waals surface area contributed by atoms with Gasteiger partial charge in [-0.15, -0.1) is 0 Å². The fourth-order valence-corrected chi connectivity index (χ4v) is 4.25. The molecule has 166 valence electrons. The van der Waals surface area contributed by atoms with Gasteiger partial charge in [0.05, 0.1) is 17.1 Å². The second kappa shape index (κ2) is 9.76. The number of hydrogen-bond acceptors (Lipinski definition) is 4. The fourth-order valence-electron chi connectivity index (χ4n) is 3.85. The number of ether oxygens (including phenoxy) is 1. The van der Waals surface area contributed by atoms with Crippen molar-refractivity contribution in [2.45, 2.75) is 32.5 Å². The summed E-state index contributed by atoms with van der Waals surface area (Å²) in [6, 6.07) is 18.6. The molecule has 0 fully saturated rings. The number of phenolic OH excluding ortho intramolecular Hbond substituents is 1. The number of aromatic hydroxyl groups is 1. The molecule has 0 amide bonds. The van der Waals surface area contributed by atoms with Crippen LogP contribution in [0.3, 0.4) is 0 Å². The van der Waals surface area contributed by atoms with E-state index in [9.17, 15) is 9.50 Å². The van der Waals surface area contributed by atoms with Crippen molar-refractivity contribution in [1.29, 1.82) is 0 Å². The van der Waals surface area contributed by atoms with E-state index in [2.05, 4.69) is 63.8 Å². The quantitative estimate of drug-likeness (QED) is 0.378. The lowest BCUT2D eigenvalue weighted by Crippen LogP contribution is -2.39. The normalized spacial score (nSPS) is 18.1. The number of hydrogen-bond donors (Lipinski definition) is 3. The molecule has 1 aliphatic heterocycles. The van der Waals surface area contributed by atoms with Gasteiger partial charge in [0.15, 0.2) is 11.5 Å². The minimum absolute atomic E-state index is 0.115. The zero-order valence-electron chi connectivity index (χ0n) is 18.0. The highest BCUT2D eigenvalue weighted by Gasteiger charge is 2.27. The number of phenols is 1. The molecule has 32 heavy (non-hydrogen) atoms. The molecule has 1 aliphatic rings. The van der Waals surface area contributed by atoms with Crippen molar-refractivity contribution in [3.63, 3.8) is 0 Å². The smallest absolute Gasteiger partial charge is 0.162 e. The summed E-state index contributed by atoms with van der Waals surface area (Å²) in [6.45, 7) is 4.48. The third-order valence-electron chi connectivity index (χ3n) is 5.59. The molecule has 0 saturated carbocycles. The third-order valence-corrected chi connectivity index (χ3v) is 6.20. The fraction of sp³-hybridized carbons (Fsp3) is 0.231. The molecule has 4 rings (SSSR count). The topological polar surface area (TPSA) is 53.5 Å². The maximum absolute atomic E-state index is 13.8. The summed E-state index contributed by atoms with van der Waals surface area (Å²) in [4.78, 5) is 0. The second-order valence-corrected chi connectivity index (χ2v) is 8.51. The van der Waals surface area contributed by atoms with Crippen LogP contribution in [0.4, 0.5) is 4.39 Å². The lowest BCUT2D eigenvalue weighted by atomic mass is 9.97. The van der Waals surface area contributed by atoms with E-state index >= 15 is 0 Å². The second-order valence-electron chi connectivity index (χ2n) is 7.65. The van der Waals surface area contributed by atoms with Gasteiger partial charge in [-0.2, -0.15) is 0 Å². The summed E-state index contributed by atoms with van der Waals surface area (Å²) in [5, 5.41) is 17.9. The summed E-state index contributed by atoms with van der Waals surface area (Å²) in [5.41, 5.74) is 4.83. The van der Waals surface area contributed by atoms with E-state index in [1.54, 1.807) is 18.2 Å². The van der Waals surface area contributed by atoms with Crippen LogP contribution in [-0.2, 0) is 6.42 Å². The van der Waals surface area contributed by atoms with Crippen LogP contribution in [0, 0.1) is 5.82 Å². The van der Waals surface area contributed by atoms with Crippen molar-refractivity contribution in [2.75, 3.05) is 6.61 Å². The molecular formula is C26H26BrFN2O2. The van der Waals surface area contributed by atoms with Gasteiger partial charge in [0, 0.05) is 11.3 Å². The Hall–Kier alpha value is -2.83. The van der Waals surface area contributed by atoms with Crippen molar-refractivity contribution in [2.24, 2.45) is 0 Å². The van der Waals surface area contributed by atoms with Crippen molar-refractivity contribution < 1.29 is 14.2 Å². The van der Waals surface area contributed by atoms with Gasteiger partial charge < -0.3 is 15.2 Å². The number of para-hydroxylation sites is 1. The average Bonchev–Trinajstić information content (AvgIpc) is 2.82. The first-order valence-corrected chi connectivity index (χ1v) is 11.5. The molecule has 0 bridgehead atoms. The Morgan fingerprint density at radius 1 is 1.06 bits per heavy atom. The molecule has 3 aromatic carbocycles. The summed E-state index contributed by atoms with van der Waals surface area (Å²) in [5.74, 6) is 0.257. The molecule has 4 nitrogen and oxygen atoms in total. The minimum atomic E-state index is -0.311. The third kappa shape index (κ3) is 4.66. The van der Waals surface area contributed by atoms with Gasteiger partial charge >= 0.3 is 0 Å². The summed E-state index contributed by atoms with van der Waals surface area (Å²) < 4.78 is 19.8. The molecule has 2 atom stereocenters. The molecule has 1 heterocycles. The van der Waals surface area contributed by atoms with Crippen LogP contribution in [0.15, 0.2) is 71.2 Å². The van der Waals surface area contributed by atoms with Gasteiger partial charge in [-0.25, -0.2) is 4.39 Å². The largest absolute Gasteiger partial charge is 0.504 e. The highest BCUT2D eigenvalue weighted by Crippen LogP contribution is 2.38. The van der Waals surface area contributed by atoms with E-state index in [4.69, 9.17) is 4.74 Å². The Kier molecular flexibility index (Phi) is 6.82. The maximum atomic E-state index is 13.8. The van der Waals surface area contributed by atoms with Gasteiger partial charge in [-0.3, -0.25) is 5.32 Å². The number of aryl methyl sites for hydroxylation is 1. The first kappa shape index (κ1) is 22.4. The minimum Gasteiger partial charge on any atom is -0.504 e. The van der Waals surface area contributed by atoms with Crippen molar-refractivity contribution in [3.8, 4) is 11.5 Å². The Bertz CT molecular complexity index is 1130. The standard InChI is InChI=1S/C26H26BrFN2O2/c1-3-16-8-10-17(11-9-16)22-15-23(19-6-5-7-24(25(19)31)32-4-2)30-26(29-22)18-12-13-21(28)20(27)14-18/h5-15,23,26,29-31H,3-4H2,1-2H3. The molecule has 3 N–H and O–H groups in total. The maximum Gasteiger partial charge on any atom is 0.162 e. The van der Waals surface area contributed by atoms with Crippen LogP contribution in [0.25, 0.3) is 5.70 Å². The Balaban J connectivity index is 1.76. The Labute approximate surface area is 196 Å². The molecule has 0 spiro atoms. The molecule has 2 unspecified atom stereocenters. The molecular weight excluding hydrogens is 471 g/mol. The van der Waals surface area contributed by atoms with Crippen molar-refractivity contribution >= 4 is 21.6 Å². The average molecular weight is 497 g/mol. The number of rotatable bonds is 6. The van der Waals surface area contributed by atoms with Crippen LogP contribution in [-0.4, -0.2) is 11.7 Å². The van der Waals surface area contributed by atoms with E-state index in [0.29, 0.717) is 22.4 Å². The zero-order chi connectivity index (χ0) is 22.7. The number of nitrogens with one attached hydrogen (secondary N) is 2. The van der Waals surface area contributed by atoms with Gasteiger partial charge in [0.2, 0.25) is 0 Å². The lowest BCUT2D eigenvalue weighted by Gasteiger charge is -2.33. The van der Waals surface area contributed by atoms with Gasteiger partial charge in [0.1, 0.15) is 12.0 Å². The molecule has 0 radical (unpaired) electrons. The lowest BCUT2D eigenvalue weighted by molar-refractivity contribution is 0.314. The predicted octanol–water partition coefficient (Wildman–Crippen LogP) is 6.23. The first-order valence-electron chi connectivity index (χ1n) is 10.7. The van der Waals surface area contributed by atoms with Crippen molar-refractivity contribution in [1.82, 2.24) is 10.6 Å². The summed E-state index contributed by atoms with van der Waals surface area (Å²) >= 11 is 3.29. The molecule has 3 aromatic rings. The Morgan fingerprint density at radius 2 is 1.84 bits per heavy atom. The number of benzene rings is 3. The predicted molar refractivity (Wildman–Crippen MR) is 129 cm³/mol. The molecule has 0 aliphatic carbocycles. The van der Waals surface area contributed by atoms with E-state index < -0.39 is 0 Å². The van der Waals surface area contributed by atoms with E-state index in [0.717, 1.165) is 23.2 Å². The highest BCUT2D eigenvalue weighted by molar-refractivity contribution is 9.10. The monoisotopic (exact) mass is 496 g/mol. The van der Waals surface area contributed by atoms with E-state index in [1.165, 1.54) is 11.6 Å². The van der Waals surface area contributed by atoms with E-state index in [-0.39, 0.29) is 23.8 Å². The summed E-state index contributed by atoms with van der Waals surface area (Å²) in [6.07, 6.45) is 2.74. The summed E-state index contributed by atoms with van der Waals surface area (Å²) in [7, 11) is 0. The van der Waals surface area contributed by atoms with Crippen LogP contribution < -0.4 is 15.4 Å². The van der Waals surface area contributed by atoms with Crippen LogP contribution in [0.2, 0.25) is 0 Å². The van der Waals surface area contributed by atoms with Gasteiger partial charge in [-0.1, -0.05) is 49.4 Å². The SMILES string of the molecule is CCOc1cccc(C2C=C(c3ccc(CC)cc3)NC(c3ccc(F)c(Br)c3)N2)c1O. The van der Waals surface area contributed by atoms with Gasteiger partial charge in [0.25, 0.3) is 0 Å². The first-order chi connectivity index (χ1) is 15.5. The van der Waals surface area contributed by atoms with Gasteiger partial charge in [-0.05, 0) is 70.2 Å². The van der Waals surface area contributed by atoms with Crippen molar-refractivity contribution in [3.05, 3.63) is 99.3 Å². The van der Waals surface area contributed by atoms with Crippen LogP contribution in [0.1, 0.15) is 48.3 Å². The molecule has 0 saturated heterocycles. The number of halogens is 2. The zero-order valence-corrected chi connectivity index (χ0v) is 19.6. The van der Waals surface area contributed by atoms with Crippen LogP contribution >= 0.6 is 15.9 Å².